The third kappa shape index (κ3) is 4.19. The minimum Gasteiger partial charge on any atom is -0.478 e. The molecule has 1 spiro atoms. The molecule has 2 N–H and O–H groups in total. The van der Waals surface area contributed by atoms with Crippen molar-refractivity contribution in [3.63, 3.8) is 0 Å². The summed E-state index contributed by atoms with van der Waals surface area (Å²) in [4.78, 5) is 36.0. The summed E-state index contributed by atoms with van der Waals surface area (Å²) in [5.41, 5.74) is 3.52. The van der Waals surface area contributed by atoms with Gasteiger partial charge < -0.3 is 15.2 Å². The summed E-state index contributed by atoms with van der Waals surface area (Å²) in [6.07, 6.45) is 4.98. The largest absolute Gasteiger partial charge is 0.478 e. The maximum absolute atomic E-state index is 12.9. The second-order valence-electron chi connectivity index (χ2n) is 8.72. The molecule has 1 fully saturated rings. The number of nitrogens with zero attached hydrogens (tertiary/aromatic N) is 2. The van der Waals surface area contributed by atoms with E-state index in [4.69, 9.17) is 9.84 Å². The second kappa shape index (κ2) is 9.24. The zero-order valence-electron chi connectivity index (χ0n) is 18.4. The van der Waals surface area contributed by atoms with Gasteiger partial charge in [-0.05, 0) is 55.6 Å². The lowest BCUT2D eigenvalue weighted by molar-refractivity contribution is 0.0152. The van der Waals surface area contributed by atoms with Crippen molar-refractivity contribution in [2.24, 2.45) is 5.41 Å². The highest BCUT2D eigenvalue weighted by atomic mass is 16.5. The number of carbonyl (C=O) groups excluding carboxylic acids is 2. The minimum absolute atomic E-state index is 0.0252. The van der Waals surface area contributed by atoms with Crippen LogP contribution < -0.4 is 5.32 Å². The first-order valence-electron chi connectivity index (χ1n) is 11.2. The third-order valence-electron chi connectivity index (χ3n) is 6.78. The van der Waals surface area contributed by atoms with Crippen molar-refractivity contribution in [2.45, 2.75) is 52.0 Å². The van der Waals surface area contributed by atoms with Gasteiger partial charge in [0.2, 0.25) is 0 Å². The van der Waals surface area contributed by atoms with Crippen LogP contribution in [0.3, 0.4) is 0 Å². The molecule has 4 rings (SSSR count). The lowest BCUT2D eigenvalue weighted by Gasteiger charge is -2.36. The molecule has 0 unspecified atom stereocenters. The van der Waals surface area contributed by atoms with Gasteiger partial charge in [0.1, 0.15) is 6.29 Å². The van der Waals surface area contributed by atoms with Crippen LogP contribution in [0.5, 0.6) is 0 Å². The monoisotopic (exact) mass is 439 g/mol. The van der Waals surface area contributed by atoms with Crippen LogP contribution in [0.2, 0.25) is 0 Å². The van der Waals surface area contributed by atoms with Crippen LogP contribution in [0, 0.1) is 5.41 Å². The number of benzene rings is 1. The van der Waals surface area contributed by atoms with Crippen LogP contribution in [-0.4, -0.2) is 52.8 Å². The summed E-state index contributed by atoms with van der Waals surface area (Å²) in [6, 6.07) is 4.76. The van der Waals surface area contributed by atoms with E-state index in [2.05, 4.69) is 5.32 Å². The summed E-state index contributed by atoms with van der Waals surface area (Å²) in [5.74, 6) is -1.10. The molecule has 0 radical (unpaired) electrons. The molecule has 8 nitrogen and oxygen atoms in total. The average Bonchev–Trinajstić information content (AvgIpc) is 3.08. The van der Waals surface area contributed by atoms with Gasteiger partial charge in [-0.1, -0.05) is 19.1 Å². The Morgan fingerprint density at radius 1 is 1.34 bits per heavy atom. The summed E-state index contributed by atoms with van der Waals surface area (Å²) in [6.45, 7) is 4.58. The minimum atomic E-state index is -1.04. The number of hydrogen-bond donors (Lipinski definition) is 2. The summed E-state index contributed by atoms with van der Waals surface area (Å²) >= 11 is 0. The van der Waals surface area contributed by atoms with Gasteiger partial charge in [0.05, 0.1) is 22.5 Å². The Morgan fingerprint density at radius 3 is 2.81 bits per heavy atom. The molecule has 0 saturated carbocycles. The Balaban J connectivity index is 1.60. The predicted octanol–water partition coefficient (Wildman–Crippen LogP) is 2.67. The maximum Gasteiger partial charge on any atom is 0.335 e. The Morgan fingerprint density at radius 2 is 2.12 bits per heavy atom. The van der Waals surface area contributed by atoms with Gasteiger partial charge in [0, 0.05) is 31.9 Å². The van der Waals surface area contributed by atoms with Crippen LogP contribution in [0.15, 0.2) is 18.2 Å². The van der Waals surface area contributed by atoms with Gasteiger partial charge in [0.25, 0.3) is 5.91 Å². The van der Waals surface area contributed by atoms with Crippen molar-refractivity contribution in [1.82, 2.24) is 15.1 Å². The number of aromatic nitrogens is 2. The molecular formula is C24H29N3O5. The number of aryl methyl sites for hydroxylation is 2. The third-order valence-corrected chi connectivity index (χ3v) is 6.78. The number of carboxylic acids is 1. The predicted molar refractivity (Wildman–Crippen MR) is 117 cm³/mol. The first-order chi connectivity index (χ1) is 15.5. The molecule has 0 bridgehead atoms. The Labute approximate surface area is 187 Å². The second-order valence-corrected chi connectivity index (χ2v) is 8.72. The number of nitrogens with one attached hydrogen (secondary N) is 1. The molecule has 32 heavy (non-hydrogen) atoms. The number of aromatic carboxylic acids is 1. The first-order valence-corrected chi connectivity index (χ1v) is 11.2. The van der Waals surface area contributed by atoms with Crippen LogP contribution in [0.1, 0.15) is 74.2 Å². The fourth-order valence-corrected chi connectivity index (χ4v) is 4.96. The molecule has 0 aliphatic carbocycles. The van der Waals surface area contributed by atoms with E-state index in [1.54, 1.807) is 12.1 Å². The van der Waals surface area contributed by atoms with E-state index in [0.29, 0.717) is 68.5 Å². The number of ether oxygens (including phenoxy) is 1. The van der Waals surface area contributed by atoms with Gasteiger partial charge in [-0.15, -0.1) is 0 Å². The Bertz CT molecular complexity index is 1040. The van der Waals surface area contributed by atoms with E-state index in [0.717, 1.165) is 30.7 Å². The fraction of sp³-hybridized carbons (Fsp3) is 0.500. The highest BCUT2D eigenvalue weighted by Gasteiger charge is 2.39. The number of amides is 1. The van der Waals surface area contributed by atoms with Crippen molar-refractivity contribution >= 4 is 18.2 Å². The molecule has 2 aliphatic heterocycles. The molecule has 1 amide bonds. The molecule has 1 saturated heterocycles. The standard InChI is InChI=1S/C24H29N3O5/c1-2-19-21-20(13-24(15-25-22(21)29)8-11-32-12-9-24)27(26-19)10-4-7-17-16(14-28)5-3-6-18(17)23(30)31/h3,5-6,14H,2,4,7-13,15H2,1H3,(H,25,29)(H,30,31). The number of fused-ring (bicyclic) bond motifs is 1. The van der Waals surface area contributed by atoms with Gasteiger partial charge >= 0.3 is 5.97 Å². The zero-order chi connectivity index (χ0) is 22.7. The molecule has 2 aromatic rings. The van der Waals surface area contributed by atoms with Crippen LogP contribution in [0.4, 0.5) is 0 Å². The first kappa shape index (κ1) is 22.2. The molecule has 170 valence electrons. The Kier molecular flexibility index (Phi) is 6.41. The van der Waals surface area contributed by atoms with Gasteiger partial charge in [0.15, 0.2) is 0 Å². The van der Waals surface area contributed by atoms with Crippen LogP contribution >= 0.6 is 0 Å². The van der Waals surface area contributed by atoms with Gasteiger partial charge in [-0.2, -0.15) is 5.10 Å². The summed E-state index contributed by atoms with van der Waals surface area (Å²) in [5, 5.41) is 17.4. The molecule has 2 aliphatic rings. The smallest absolute Gasteiger partial charge is 0.335 e. The molecule has 0 atom stereocenters. The van der Waals surface area contributed by atoms with Crippen molar-refractivity contribution in [1.29, 1.82) is 0 Å². The van der Waals surface area contributed by atoms with Crippen molar-refractivity contribution in [2.75, 3.05) is 19.8 Å². The molecule has 8 heteroatoms. The summed E-state index contributed by atoms with van der Waals surface area (Å²) < 4.78 is 7.49. The lowest BCUT2D eigenvalue weighted by Crippen LogP contribution is -2.40. The van der Waals surface area contributed by atoms with Crippen LogP contribution in [0.25, 0.3) is 0 Å². The van der Waals surface area contributed by atoms with E-state index < -0.39 is 5.97 Å². The SMILES string of the molecule is CCc1nn(CCCc2c(C=O)cccc2C(=O)O)c2c1C(=O)NCC1(CCOCC1)C2. The van der Waals surface area contributed by atoms with Crippen molar-refractivity contribution in [3.05, 3.63) is 51.8 Å². The van der Waals surface area contributed by atoms with Crippen molar-refractivity contribution < 1.29 is 24.2 Å². The maximum atomic E-state index is 12.9. The number of carbonyl (C=O) groups is 3. The van der Waals surface area contributed by atoms with E-state index >= 15 is 0 Å². The lowest BCUT2D eigenvalue weighted by atomic mass is 9.76. The van der Waals surface area contributed by atoms with Crippen LogP contribution in [-0.2, 0) is 30.5 Å². The van der Waals surface area contributed by atoms with E-state index in [1.165, 1.54) is 6.07 Å². The zero-order valence-corrected chi connectivity index (χ0v) is 18.4. The van der Waals surface area contributed by atoms with E-state index in [1.807, 2.05) is 11.6 Å². The van der Waals surface area contributed by atoms with E-state index in [9.17, 15) is 19.5 Å². The molecule has 1 aromatic carbocycles. The number of carboxylic acid groups (broad SMARTS) is 1. The fourth-order valence-electron chi connectivity index (χ4n) is 4.96. The molecule has 1 aromatic heterocycles. The number of hydrogen-bond acceptors (Lipinski definition) is 5. The van der Waals surface area contributed by atoms with Crippen molar-refractivity contribution in [3.8, 4) is 0 Å². The topological polar surface area (TPSA) is 111 Å². The summed E-state index contributed by atoms with van der Waals surface area (Å²) in [7, 11) is 0. The van der Waals surface area contributed by atoms with E-state index in [-0.39, 0.29) is 16.9 Å². The molecule has 3 heterocycles. The highest BCUT2D eigenvalue weighted by Crippen LogP contribution is 2.37. The highest BCUT2D eigenvalue weighted by molar-refractivity contribution is 5.97. The van der Waals surface area contributed by atoms with Gasteiger partial charge in [-0.25, -0.2) is 4.79 Å². The molecular weight excluding hydrogens is 410 g/mol. The van der Waals surface area contributed by atoms with Gasteiger partial charge in [-0.3, -0.25) is 14.3 Å². The normalized spacial score (nSPS) is 17.5. The number of aldehydes is 1. The quantitative estimate of drug-likeness (QED) is 0.642. The Hall–Kier alpha value is -3.00. The number of rotatable bonds is 7. The average molecular weight is 440 g/mol.